The molecule has 0 N–H and O–H groups in total. The minimum atomic E-state index is -0.461. The summed E-state index contributed by atoms with van der Waals surface area (Å²) in [6, 6.07) is 13.7. The molecule has 0 aliphatic rings. The van der Waals surface area contributed by atoms with Crippen molar-refractivity contribution in [2.24, 2.45) is 0 Å². The molecule has 0 spiro atoms. The highest BCUT2D eigenvalue weighted by Crippen LogP contribution is 2.20. The molecule has 21 heavy (non-hydrogen) atoms. The van der Waals surface area contributed by atoms with E-state index in [9.17, 15) is 9.59 Å². The van der Waals surface area contributed by atoms with Crippen LogP contribution < -0.4 is 4.74 Å². The fourth-order valence-electron chi connectivity index (χ4n) is 1.75. The maximum atomic E-state index is 12.2. The molecule has 2 rings (SSSR count). The second kappa shape index (κ2) is 6.86. The smallest absolute Gasteiger partial charge is 0.308 e. The molecule has 106 valence electrons. The number of allylic oxidation sites excluding steroid dienone is 1. The van der Waals surface area contributed by atoms with E-state index in [2.05, 4.69) is 0 Å². The highest BCUT2D eigenvalue weighted by molar-refractivity contribution is 6.30. The average Bonchev–Trinajstić information content (AvgIpc) is 2.46. The zero-order valence-electron chi connectivity index (χ0n) is 11.4. The Hall–Kier alpha value is -2.39. The monoisotopic (exact) mass is 300 g/mol. The fraction of sp³-hybridized carbons (Fsp3) is 0.0588. The molecule has 0 heterocycles. The molecule has 0 saturated carbocycles. The third-order valence-electron chi connectivity index (χ3n) is 2.70. The third-order valence-corrected chi connectivity index (χ3v) is 2.96. The van der Waals surface area contributed by atoms with Gasteiger partial charge in [0.05, 0.1) is 5.56 Å². The highest BCUT2D eigenvalue weighted by Gasteiger charge is 2.10. The fourth-order valence-corrected chi connectivity index (χ4v) is 1.88. The van der Waals surface area contributed by atoms with Crippen LogP contribution in [-0.2, 0) is 4.79 Å². The van der Waals surface area contributed by atoms with E-state index in [1.807, 2.05) is 12.1 Å². The Labute approximate surface area is 127 Å². The van der Waals surface area contributed by atoms with Crippen LogP contribution in [0.15, 0.2) is 54.6 Å². The largest absolute Gasteiger partial charge is 0.426 e. The first-order valence-corrected chi connectivity index (χ1v) is 6.69. The van der Waals surface area contributed by atoms with Gasteiger partial charge in [-0.05, 0) is 35.9 Å². The molecule has 0 aliphatic carbocycles. The van der Waals surface area contributed by atoms with E-state index in [0.717, 1.165) is 5.56 Å². The molecule has 0 aromatic heterocycles. The molecule has 0 fully saturated rings. The number of hydrogen-bond acceptors (Lipinski definition) is 3. The Bertz CT molecular complexity index is 687. The number of halogens is 1. The molecule has 2 aromatic carbocycles. The van der Waals surface area contributed by atoms with Gasteiger partial charge in [0, 0.05) is 11.9 Å². The van der Waals surface area contributed by atoms with Crippen molar-refractivity contribution >= 4 is 29.4 Å². The lowest BCUT2D eigenvalue weighted by atomic mass is 10.1. The predicted octanol–water partition coefficient (Wildman–Crippen LogP) is 4.16. The van der Waals surface area contributed by atoms with E-state index in [1.165, 1.54) is 13.0 Å². The van der Waals surface area contributed by atoms with Crippen molar-refractivity contribution in [3.8, 4) is 5.75 Å². The normalized spacial score (nSPS) is 10.6. The number of para-hydroxylation sites is 1. The molecular weight excluding hydrogens is 288 g/mol. The Morgan fingerprint density at radius 3 is 2.38 bits per heavy atom. The van der Waals surface area contributed by atoms with Gasteiger partial charge < -0.3 is 4.74 Å². The highest BCUT2D eigenvalue weighted by atomic mass is 35.5. The second-order valence-electron chi connectivity index (χ2n) is 4.34. The summed E-state index contributed by atoms with van der Waals surface area (Å²) < 4.78 is 5.02. The molecule has 4 heteroatoms. The van der Waals surface area contributed by atoms with Crippen LogP contribution in [0.4, 0.5) is 0 Å². The first-order chi connectivity index (χ1) is 10.1. The van der Waals surface area contributed by atoms with Crippen molar-refractivity contribution in [2.45, 2.75) is 6.92 Å². The van der Waals surface area contributed by atoms with Crippen molar-refractivity contribution in [2.75, 3.05) is 0 Å². The number of carbonyl (C=O) groups is 2. The van der Waals surface area contributed by atoms with Crippen LogP contribution in [0.2, 0.25) is 5.02 Å². The van der Waals surface area contributed by atoms with Gasteiger partial charge in [0.2, 0.25) is 0 Å². The Kier molecular flexibility index (Phi) is 4.90. The molecule has 0 unspecified atom stereocenters. The van der Waals surface area contributed by atoms with Crippen molar-refractivity contribution in [3.05, 3.63) is 70.8 Å². The first-order valence-electron chi connectivity index (χ1n) is 6.31. The molecule has 0 bridgehead atoms. The lowest BCUT2D eigenvalue weighted by molar-refractivity contribution is -0.131. The van der Waals surface area contributed by atoms with Gasteiger partial charge in [0.15, 0.2) is 5.78 Å². The molecule has 2 aromatic rings. The lowest BCUT2D eigenvalue weighted by Crippen LogP contribution is -2.06. The van der Waals surface area contributed by atoms with Crippen LogP contribution in [0.3, 0.4) is 0 Å². The maximum Gasteiger partial charge on any atom is 0.308 e. The van der Waals surface area contributed by atoms with Gasteiger partial charge in [-0.25, -0.2) is 0 Å². The van der Waals surface area contributed by atoms with Crippen molar-refractivity contribution in [3.63, 3.8) is 0 Å². The van der Waals surface area contributed by atoms with Gasteiger partial charge in [0.1, 0.15) is 5.75 Å². The molecule has 0 atom stereocenters. The van der Waals surface area contributed by atoms with Crippen LogP contribution in [0.25, 0.3) is 6.08 Å². The summed E-state index contributed by atoms with van der Waals surface area (Å²) in [5.41, 5.74) is 1.20. The van der Waals surface area contributed by atoms with Gasteiger partial charge in [-0.3, -0.25) is 9.59 Å². The lowest BCUT2D eigenvalue weighted by Gasteiger charge is -2.05. The van der Waals surface area contributed by atoms with E-state index in [-0.39, 0.29) is 11.5 Å². The van der Waals surface area contributed by atoms with Crippen LogP contribution in [-0.4, -0.2) is 11.8 Å². The topological polar surface area (TPSA) is 43.4 Å². The number of ether oxygens (including phenoxy) is 1. The number of ketones is 1. The van der Waals surface area contributed by atoms with Crippen LogP contribution in [0.1, 0.15) is 22.8 Å². The molecule has 0 aliphatic heterocycles. The molecule has 0 amide bonds. The van der Waals surface area contributed by atoms with E-state index in [1.54, 1.807) is 42.5 Å². The van der Waals surface area contributed by atoms with Crippen molar-refractivity contribution in [1.29, 1.82) is 0 Å². The van der Waals surface area contributed by atoms with Gasteiger partial charge in [0.25, 0.3) is 0 Å². The summed E-state index contributed by atoms with van der Waals surface area (Å²) in [6.45, 7) is 1.30. The van der Waals surface area contributed by atoms with Crippen molar-refractivity contribution < 1.29 is 14.3 Å². The molecule has 0 saturated heterocycles. The predicted molar refractivity (Wildman–Crippen MR) is 82.6 cm³/mol. The summed E-state index contributed by atoms with van der Waals surface area (Å²) in [5.74, 6) is -0.436. The van der Waals surface area contributed by atoms with Crippen LogP contribution in [0, 0.1) is 0 Å². The number of benzene rings is 2. The summed E-state index contributed by atoms with van der Waals surface area (Å²) in [7, 11) is 0. The quantitative estimate of drug-likeness (QED) is 0.368. The summed E-state index contributed by atoms with van der Waals surface area (Å²) in [6.07, 6.45) is 3.12. The molecule has 0 radical (unpaired) electrons. The second-order valence-corrected chi connectivity index (χ2v) is 4.78. The SMILES string of the molecule is CC(=O)Oc1ccccc1C(=O)C=Cc1ccc(Cl)cc1. The van der Waals surface area contributed by atoms with E-state index in [0.29, 0.717) is 10.6 Å². The number of rotatable bonds is 4. The van der Waals surface area contributed by atoms with E-state index < -0.39 is 5.97 Å². The number of carbonyl (C=O) groups excluding carboxylic acids is 2. The van der Waals surface area contributed by atoms with Gasteiger partial charge in [-0.15, -0.1) is 0 Å². The minimum Gasteiger partial charge on any atom is -0.426 e. The van der Waals surface area contributed by atoms with Gasteiger partial charge in [-0.2, -0.15) is 0 Å². The Balaban J connectivity index is 2.20. The minimum absolute atomic E-state index is 0.234. The van der Waals surface area contributed by atoms with Crippen LogP contribution >= 0.6 is 11.6 Å². The number of esters is 1. The third kappa shape index (κ3) is 4.29. The molecule has 3 nitrogen and oxygen atoms in total. The summed E-state index contributed by atoms with van der Waals surface area (Å²) in [4.78, 5) is 23.2. The zero-order chi connectivity index (χ0) is 15.2. The Morgan fingerprint density at radius 1 is 1.05 bits per heavy atom. The molecular formula is C17H13ClO3. The average molecular weight is 301 g/mol. The van der Waals surface area contributed by atoms with Crippen molar-refractivity contribution in [1.82, 2.24) is 0 Å². The van der Waals surface area contributed by atoms with Gasteiger partial charge in [-0.1, -0.05) is 41.9 Å². The zero-order valence-corrected chi connectivity index (χ0v) is 12.1. The Morgan fingerprint density at radius 2 is 1.71 bits per heavy atom. The standard InChI is InChI=1S/C17H13ClO3/c1-12(19)21-17-5-3-2-4-15(17)16(20)11-8-13-6-9-14(18)10-7-13/h2-11H,1H3. The maximum absolute atomic E-state index is 12.2. The first kappa shape index (κ1) is 15.0. The van der Waals surface area contributed by atoms with Gasteiger partial charge >= 0.3 is 5.97 Å². The summed E-state index contributed by atoms with van der Waals surface area (Å²) >= 11 is 5.80. The number of hydrogen-bond donors (Lipinski definition) is 0. The van der Waals surface area contributed by atoms with Crippen LogP contribution in [0.5, 0.6) is 5.75 Å². The van der Waals surface area contributed by atoms with E-state index >= 15 is 0 Å². The summed E-state index contributed by atoms with van der Waals surface area (Å²) in [5, 5.41) is 0.638. The van der Waals surface area contributed by atoms with E-state index in [4.69, 9.17) is 16.3 Å².